The predicted octanol–water partition coefficient (Wildman–Crippen LogP) is 2.10. The number of H-pyrrole nitrogens is 1. The Kier molecular flexibility index (Phi) is 5.14. The van der Waals surface area contributed by atoms with Gasteiger partial charge in [0.05, 0.1) is 6.04 Å². The van der Waals surface area contributed by atoms with E-state index < -0.39 is 11.4 Å². The van der Waals surface area contributed by atoms with Crippen molar-refractivity contribution in [2.24, 2.45) is 0 Å². The topological polar surface area (TPSA) is 89.0 Å². The Hall–Kier alpha value is -2.67. The Morgan fingerprint density at radius 1 is 1.32 bits per heavy atom. The van der Waals surface area contributed by atoms with Gasteiger partial charge in [-0.3, -0.25) is 4.98 Å². The van der Waals surface area contributed by atoms with Crippen LogP contribution in [0.15, 0.2) is 40.4 Å². The minimum Gasteiger partial charge on any atom is -0.381 e. The number of anilines is 1. The highest BCUT2D eigenvalue weighted by molar-refractivity contribution is 5.48. The van der Waals surface area contributed by atoms with Gasteiger partial charge in [-0.1, -0.05) is 36.9 Å². The lowest BCUT2D eigenvalue weighted by atomic mass is 10.1. The molecule has 1 aromatic heterocycles. The lowest BCUT2D eigenvalue weighted by Crippen LogP contribution is -2.42. The van der Waals surface area contributed by atoms with Gasteiger partial charge in [-0.25, -0.2) is 14.2 Å². The van der Waals surface area contributed by atoms with Crippen molar-refractivity contribution in [2.45, 2.75) is 31.8 Å². The number of nitrogens with zero attached hydrogens (tertiary/aromatic N) is 2. The molecule has 0 saturated carbocycles. The van der Waals surface area contributed by atoms with E-state index in [0.717, 1.165) is 11.1 Å². The maximum Gasteiger partial charge on any atom is 0.355 e. The number of hydrogen-bond donors (Lipinski definition) is 2. The van der Waals surface area contributed by atoms with Crippen LogP contribution in [0.4, 0.5) is 5.95 Å². The van der Waals surface area contributed by atoms with E-state index in [-0.39, 0.29) is 18.0 Å². The number of nitrogens with one attached hydrogen (secondary N) is 2. The summed E-state index contributed by atoms with van der Waals surface area (Å²) in [6, 6.07) is 7.59. The van der Waals surface area contributed by atoms with E-state index in [1.807, 2.05) is 31.2 Å². The second-order valence-electron chi connectivity index (χ2n) is 6.12. The van der Waals surface area contributed by atoms with E-state index in [1.54, 1.807) is 6.08 Å². The summed E-state index contributed by atoms with van der Waals surface area (Å²) in [5.41, 5.74) is 1.07. The average molecular weight is 342 g/mol. The highest BCUT2D eigenvalue weighted by Crippen LogP contribution is 2.18. The number of aromatic nitrogens is 3. The molecule has 1 aliphatic heterocycles. The third kappa shape index (κ3) is 3.88. The maximum absolute atomic E-state index is 12.3. The summed E-state index contributed by atoms with van der Waals surface area (Å²) in [4.78, 5) is 31.3. The molecule has 2 heterocycles. The largest absolute Gasteiger partial charge is 0.381 e. The van der Waals surface area contributed by atoms with Crippen molar-refractivity contribution < 1.29 is 4.74 Å². The summed E-state index contributed by atoms with van der Waals surface area (Å²) < 4.78 is 6.47. The molecule has 0 spiro atoms. The molecule has 1 saturated heterocycles. The Labute approximate surface area is 145 Å². The molecule has 1 fully saturated rings. The van der Waals surface area contributed by atoms with E-state index in [1.165, 1.54) is 4.57 Å². The molecule has 3 rings (SSSR count). The quantitative estimate of drug-likeness (QED) is 0.869. The average Bonchev–Trinajstić information content (AvgIpc) is 2.62. The zero-order chi connectivity index (χ0) is 17.8. The van der Waals surface area contributed by atoms with Gasteiger partial charge in [0.1, 0.15) is 0 Å². The third-order valence-electron chi connectivity index (χ3n) is 4.44. The van der Waals surface area contributed by atoms with Crippen molar-refractivity contribution in [3.05, 3.63) is 62.9 Å². The van der Waals surface area contributed by atoms with E-state index >= 15 is 0 Å². The molecule has 0 radical (unpaired) electrons. The Morgan fingerprint density at radius 2 is 2.00 bits per heavy atom. The fourth-order valence-electron chi connectivity index (χ4n) is 2.97. The fourth-order valence-corrected chi connectivity index (χ4v) is 2.97. The Bertz CT molecular complexity index is 817. The van der Waals surface area contributed by atoms with Crippen LogP contribution in [0.2, 0.25) is 0 Å². The molecule has 1 unspecified atom stereocenters. The first kappa shape index (κ1) is 17.2. The molecule has 0 aliphatic carbocycles. The molecule has 7 nitrogen and oxygen atoms in total. The van der Waals surface area contributed by atoms with E-state index in [2.05, 4.69) is 21.9 Å². The number of aromatic amines is 1. The molecule has 25 heavy (non-hydrogen) atoms. The van der Waals surface area contributed by atoms with Crippen LogP contribution in [-0.4, -0.2) is 27.7 Å². The lowest BCUT2D eigenvalue weighted by Gasteiger charge is -2.23. The minimum atomic E-state index is -0.535. The van der Waals surface area contributed by atoms with E-state index in [9.17, 15) is 9.59 Å². The van der Waals surface area contributed by atoms with Crippen LogP contribution in [0.1, 0.15) is 43.0 Å². The zero-order valence-electron chi connectivity index (χ0n) is 14.2. The molecule has 132 valence electrons. The van der Waals surface area contributed by atoms with Gasteiger partial charge < -0.3 is 10.1 Å². The first-order chi connectivity index (χ1) is 12.1. The fraction of sp³-hybridized carbons (Fsp3) is 0.389. The smallest absolute Gasteiger partial charge is 0.355 e. The summed E-state index contributed by atoms with van der Waals surface area (Å²) in [6.07, 6.45) is 3.06. The summed E-state index contributed by atoms with van der Waals surface area (Å²) in [5, 5.41) is 3.08. The molecule has 2 aromatic rings. The third-order valence-corrected chi connectivity index (χ3v) is 4.44. The first-order valence-electron chi connectivity index (χ1n) is 8.38. The van der Waals surface area contributed by atoms with Crippen LogP contribution in [0.25, 0.3) is 6.08 Å². The monoisotopic (exact) mass is 342 g/mol. The molecule has 1 aromatic carbocycles. The van der Waals surface area contributed by atoms with Crippen LogP contribution in [-0.2, 0) is 4.74 Å². The van der Waals surface area contributed by atoms with Gasteiger partial charge in [0.15, 0.2) is 0 Å². The van der Waals surface area contributed by atoms with Gasteiger partial charge in [0.2, 0.25) is 5.95 Å². The van der Waals surface area contributed by atoms with Crippen molar-refractivity contribution >= 4 is 12.0 Å². The zero-order valence-corrected chi connectivity index (χ0v) is 14.2. The second kappa shape index (κ2) is 7.48. The van der Waals surface area contributed by atoms with Crippen LogP contribution in [0.5, 0.6) is 0 Å². The second-order valence-corrected chi connectivity index (χ2v) is 6.12. The molecule has 1 atom stereocenters. The highest BCUT2D eigenvalue weighted by atomic mass is 16.5. The molecule has 7 heteroatoms. The predicted molar refractivity (Wildman–Crippen MR) is 96.8 cm³/mol. The van der Waals surface area contributed by atoms with Crippen LogP contribution < -0.4 is 16.7 Å². The summed E-state index contributed by atoms with van der Waals surface area (Å²) in [6.45, 7) is 6.77. The summed E-state index contributed by atoms with van der Waals surface area (Å²) >= 11 is 0. The summed E-state index contributed by atoms with van der Waals surface area (Å²) in [7, 11) is 0. The molecular weight excluding hydrogens is 320 g/mol. The number of ether oxygens (including phenoxy) is 1. The van der Waals surface area contributed by atoms with Crippen molar-refractivity contribution in [1.29, 1.82) is 0 Å². The SMILES string of the molecule is C=Cc1ccc(C(C)Nc2nc(=O)n(C3CCOCC3)c(=O)[nH]2)cc1. The maximum atomic E-state index is 12.3. The number of rotatable bonds is 5. The minimum absolute atomic E-state index is 0.111. The number of hydrogen-bond acceptors (Lipinski definition) is 5. The van der Waals surface area contributed by atoms with Crippen LogP contribution >= 0.6 is 0 Å². The van der Waals surface area contributed by atoms with Crippen molar-refractivity contribution in [1.82, 2.24) is 14.5 Å². The molecule has 0 bridgehead atoms. The van der Waals surface area contributed by atoms with Gasteiger partial charge >= 0.3 is 11.4 Å². The van der Waals surface area contributed by atoms with Gasteiger partial charge in [0, 0.05) is 19.3 Å². The van der Waals surface area contributed by atoms with Crippen LogP contribution in [0.3, 0.4) is 0 Å². The van der Waals surface area contributed by atoms with Gasteiger partial charge in [-0.2, -0.15) is 4.98 Å². The molecular formula is C18H22N4O3. The Balaban J connectivity index is 1.79. The molecule has 0 amide bonds. The molecule has 1 aliphatic rings. The van der Waals surface area contributed by atoms with Gasteiger partial charge in [0.25, 0.3) is 0 Å². The van der Waals surface area contributed by atoms with Gasteiger partial charge in [-0.05, 0) is 30.9 Å². The first-order valence-corrected chi connectivity index (χ1v) is 8.38. The Morgan fingerprint density at radius 3 is 2.60 bits per heavy atom. The highest BCUT2D eigenvalue weighted by Gasteiger charge is 2.20. The standard InChI is InChI=1S/C18H22N4O3/c1-3-13-4-6-14(7-5-13)12(2)19-16-20-17(23)22(18(24)21-16)15-8-10-25-11-9-15/h3-7,12,15H,1,8-11H2,2H3,(H2,19,20,21,23,24). The molecule has 2 N–H and O–H groups in total. The van der Waals surface area contributed by atoms with Crippen molar-refractivity contribution in [2.75, 3.05) is 18.5 Å². The lowest BCUT2D eigenvalue weighted by molar-refractivity contribution is 0.0670. The van der Waals surface area contributed by atoms with E-state index in [4.69, 9.17) is 4.74 Å². The number of benzene rings is 1. The van der Waals surface area contributed by atoms with Crippen molar-refractivity contribution in [3.63, 3.8) is 0 Å². The van der Waals surface area contributed by atoms with Gasteiger partial charge in [-0.15, -0.1) is 0 Å². The van der Waals surface area contributed by atoms with E-state index in [0.29, 0.717) is 26.1 Å². The van der Waals surface area contributed by atoms with Crippen molar-refractivity contribution in [3.8, 4) is 0 Å². The summed E-state index contributed by atoms with van der Waals surface area (Å²) in [5.74, 6) is 0.179. The normalized spacial score (nSPS) is 16.4. The van der Waals surface area contributed by atoms with Crippen LogP contribution in [0, 0.1) is 0 Å².